The number of benzene rings is 1. The van der Waals surface area contributed by atoms with E-state index in [2.05, 4.69) is 58.2 Å². The van der Waals surface area contributed by atoms with Crippen LogP contribution in [0.15, 0.2) is 22.7 Å². The lowest BCUT2D eigenvalue weighted by Gasteiger charge is -2.24. The molecule has 0 bridgehead atoms. The summed E-state index contributed by atoms with van der Waals surface area (Å²) in [6.45, 7) is 8.03. The molecule has 19 heavy (non-hydrogen) atoms. The zero-order valence-corrected chi connectivity index (χ0v) is 13.5. The Labute approximate surface area is 125 Å². The summed E-state index contributed by atoms with van der Waals surface area (Å²) in [6, 6.07) is 6.44. The maximum absolute atomic E-state index is 9.17. The van der Waals surface area contributed by atoms with Crippen molar-refractivity contribution in [2.75, 3.05) is 31.1 Å². The van der Waals surface area contributed by atoms with E-state index in [9.17, 15) is 5.11 Å². The molecule has 0 aliphatic rings. The van der Waals surface area contributed by atoms with Gasteiger partial charge in [0.1, 0.15) is 0 Å². The normalized spacial score (nSPS) is 10.7. The van der Waals surface area contributed by atoms with Crippen LogP contribution in [-0.2, 0) is 6.54 Å². The van der Waals surface area contributed by atoms with Gasteiger partial charge in [0.05, 0.1) is 6.61 Å². The number of nitrogens with one attached hydrogen (secondary N) is 1. The van der Waals surface area contributed by atoms with Gasteiger partial charge in [-0.1, -0.05) is 42.3 Å². The molecule has 1 aromatic carbocycles. The SMILES string of the molecule is CCCCN(CCO)c1ccc(CNCC)c(Br)c1. The van der Waals surface area contributed by atoms with E-state index in [0.29, 0.717) is 6.54 Å². The molecule has 0 radical (unpaired) electrons. The van der Waals surface area contributed by atoms with Gasteiger partial charge in [-0.2, -0.15) is 0 Å². The van der Waals surface area contributed by atoms with Crippen LogP contribution in [0.4, 0.5) is 5.69 Å². The predicted octanol–water partition coefficient (Wildman–Crippen LogP) is 3.16. The third kappa shape index (κ3) is 5.51. The first-order valence-electron chi connectivity index (χ1n) is 7.07. The molecule has 108 valence electrons. The summed E-state index contributed by atoms with van der Waals surface area (Å²) >= 11 is 3.64. The van der Waals surface area contributed by atoms with Gasteiger partial charge in [0.2, 0.25) is 0 Å². The number of hydrogen-bond acceptors (Lipinski definition) is 3. The third-order valence-electron chi connectivity index (χ3n) is 3.12. The Balaban J connectivity index is 2.77. The van der Waals surface area contributed by atoms with Gasteiger partial charge in [-0.05, 0) is 30.7 Å². The van der Waals surface area contributed by atoms with Gasteiger partial charge in [-0.3, -0.25) is 0 Å². The van der Waals surface area contributed by atoms with Gasteiger partial charge in [0.15, 0.2) is 0 Å². The van der Waals surface area contributed by atoms with Gasteiger partial charge >= 0.3 is 0 Å². The van der Waals surface area contributed by atoms with E-state index >= 15 is 0 Å². The van der Waals surface area contributed by atoms with Crippen LogP contribution in [0.25, 0.3) is 0 Å². The smallest absolute Gasteiger partial charge is 0.0606 e. The van der Waals surface area contributed by atoms with Crippen molar-refractivity contribution in [2.24, 2.45) is 0 Å². The molecule has 1 rings (SSSR count). The largest absolute Gasteiger partial charge is 0.395 e. The van der Waals surface area contributed by atoms with Crippen LogP contribution in [0.5, 0.6) is 0 Å². The van der Waals surface area contributed by atoms with Crippen molar-refractivity contribution >= 4 is 21.6 Å². The first kappa shape index (κ1) is 16.5. The molecule has 0 unspecified atom stereocenters. The number of unbranched alkanes of at least 4 members (excludes halogenated alkanes) is 1. The van der Waals surface area contributed by atoms with Crippen LogP contribution < -0.4 is 10.2 Å². The first-order chi connectivity index (χ1) is 9.22. The minimum atomic E-state index is 0.195. The van der Waals surface area contributed by atoms with Gasteiger partial charge in [-0.15, -0.1) is 0 Å². The molecule has 0 aliphatic carbocycles. The van der Waals surface area contributed by atoms with Crippen molar-refractivity contribution in [3.63, 3.8) is 0 Å². The molecule has 0 saturated heterocycles. The van der Waals surface area contributed by atoms with Crippen molar-refractivity contribution in [1.82, 2.24) is 5.32 Å². The van der Waals surface area contributed by atoms with Crippen molar-refractivity contribution in [3.05, 3.63) is 28.2 Å². The Bertz CT molecular complexity index is 371. The van der Waals surface area contributed by atoms with Crippen molar-refractivity contribution in [3.8, 4) is 0 Å². The summed E-state index contributed by atoms with van der Waals surface area (Å²) in [7, 11) is 0. The lowest BCUT2D eigenvalue weighted by atomic mass is 10.2. The molecule has 3 nitrogen and oxygen atoms in total. The molecule has 0 atom stereocenters. The van der Waals surface area contributed by atoms with Crippen molar-refractivity contribution < 1.29 is 5.11 Å². The van der Waals surface area contributed by atoms with E-state index in [0.717, 1.165) is 30.5 Å². The Morgan fingerprint density at radius 2 is 2.05 bits per heavy atom. The molecule has 0 aliphatic heterocycles. The molecule has 4 heteroatoms. The maximum atomic E-state index is 9.17. The highest BCUT2D eigenvalue weighted by molar-refractivity contribution is 9.10. The Kier molecular flexibility index (Phi) is 8.10. The number of anilines is 1. The number of nitrogens with zero attached hydrogens (tertiary/aromatic N) is 1. The predicted molar refractivity (Wildman–Crippen MR) is 85.7 cm³/mol. The lowest BCUT2D eigenvalue weighted by Crippen LogP contribution is -2.27. The highest BCUT2D eigenvalue weighted by atomic mass is 79.9. The first-order valence-corrected chi connectivity index (χ1v) is 7.87. The molecule has 0 amide bonds. The number of halogens is 1. The van der Waals surface area contributed by atoms with Crippen LogP contribution in [0.3, 0.4) is 0 Å². The maximum Gasteiger partial charge on any atom is 0.0606 e. The molecule has 0 spiro atoms. The topological polar surface area (TPSA) is 35.5 Å². The Morgan fingerprint density at radius 3 is 2.63 bits per heavy atom. The van der Waals surface area contributed by atoms with E-state index in [-0.39, 0.29) is 6.61 Å². The lowest BCUT2D eigenvalue weighted by molar-refractivity contribution is 0.301. The molecular weight excluding hydrogens is 304 g/mol. The molecule has 0 aromatic heterocycles. The summed E-state index contributed by atoms with van der Waals surface area (Å²) < 4.78 is 1.13. The minimum Gasteiger partial charge on any atom is -0.395 e. The second-order valence-electron chi connectivity index (χ2n) is 4.62. The van der Waals surface area contributed by atoms with Gasteiger partial charge < -0.3 is 15.3 Å². The monoisotopic (exact) mass is 328 g/mol. The van der Waals surface area contributed by atoms with Gasteiger partial charge in [-0.25, -0.2) is 0 Å². The number of hydrogen-bond donors (Lipinski definition) is 2. The quantitative estimate of drug-likeness (QED) is 0.730. The Hall–Kier alpha value is -0.580. The minimum absolute atomic E-state index is 0.195. The molecule has 0 heterocycles. The van der Waals surface area contributed by atoms with Crippen LogP contribution in [0, 0.1) is 0 Å². The van der Waals surface area contributed by atoms with E-state index in [1.165, 1.54) is 17.7 Å². The molecule has 0 fully saturated rings. The summed E-state index contributed by atoms with van der Waals surface area (Å²) in [5, 5.41) is 12.5. The zero-order chi connectivity index (χ0) is 14.1. The third-order valence-corrected chi connectivity index (χ3v) is 3.86. The second-order valence-corrected chi connectivity index (χ2v) is 5.47. The van der Waals surface area contributed by atoms with E-state index in [4.69, 9.17) is 0 Å². The second kappa shape index (κ2) is 9.34. The van der Waals surface area contributed by atoms with Crippen molar-refractivity contribution in [1.29, 1.82) is 0 Å². The average molecular weight is 329 g/mol. The summed E-state index contributed by atoms with van der Waals surface area (Å²) in [6.07, 6.45) is 2.32. The number of aliphatic hydroxyl groups is 1. The zero-order valence-electron chi connectivity index (χ0n) is 12.0. The van der Waals surface area contributed by atoms with Crippen molar-refractivity contribution in [2.45, 2.75) is 33.2 Å². The average Bonchev–Trinajstić information content (AvgIpc) is 2.42. The van der Waals surface area contributed by atoms with Crippen LogP contribution in [0.2, 0.25) is 0 Å². The van der Waals surface area contributed by atoms with Gasteiger partial charge in [0.25, 0.3) is 0 Å². The molecule has 1 aromatic rings. The highest BCUT2D eigenvalue weighted by Crippen LogP contribution is 2.24. The standard InChI is InChI=1S/C15H25BrN2O/c1-3-5-8-18(9-10-19)14-7-6-13(12-17-4-2)15(16)11-14/h6-7,11,17,19H,3-5,8-10,12H2,1-2H3. The number of rotatable bonds is 9. The highest BCUT2D eigenvalue weighted by Gasteiger charge is 2.08. The van der Waals surface area contributed by atoms with E-state index in [1.807, 2.05) is 0 Å². The molecule has 2 N–H and O–H groups in total. The van der Waals surface area contributed by atoms with Crippen LogP contribution >= 0.6 is 15.9 Å². The summed E-state index contributed by atoms with van der Waals surface area (Å²) in [5.41, 5.74) is 2.44. The van der Waals surface area contributed by atoms with E-state index in [1.54, 1.807) is 0 Å². The fourth-order valence-corrected chi connectivity index (χ4v) is 2.48. The van der Waals surface area contributed by atoms with Crippen LogP contribution in [0.1, 0.15) is 32.3 Å². The fourth-order valence-electron chi connectivity index (χ4n) is 1.98. The molecule has 0 saturated carbocycles. The number of aliphatic hydroxyl groups excluding tert-OH is 1. The molecular formula is C15H25BrN2O. The Morgan fingerprint density at radius 1 is 1.26 bits per heavy atom. The summed E-state index contributed by atoms with van der Waals surface area (Å²) in [4.78, 5) is 2.24. The fraction of sp³-hybridized carbons (Fsp3) is 0.600. The summed E-state index contributed by atoms with van der Waals surface area (Å²) in [5.74, 6) is 0. The van der Waals surface area contributed by atoms with E-state index < -0.39 is 0 Å². The van der Waals surface area contributed by atoms with Crippen LogP contribution in [-0.4, -0.2) is 31.3 Å². The van der Waals surface area contributed by atoms with Gasteiger partial charge in [0, 0.05) is 29.8 Å².